The molecule has 4 nitrogen and oxygen atoms in total. The Morgan fingerprint density at radius 3 is 2.42 bits per heavy atom. The molecule has 0 unspecified atom stereocenters. The van der Waals surface area contributed by atoms with E-state index in [1.807, 2.05) is 19.1 Å². The summed E-state index contributed by atoms with van der Waals surface area (Å²) in [5, 5.41) is 12.0. The molecule has 1 aromatic heterocycles. The molecule has 0 aliphatic rings. The summed E-state index contributed by atoms with van der Waals surface area (Å²) in [5.74, 6) is 0.907. The molecule has 0 aromatic carbocycles. The molecule has 0 saturated carbocycles. The molecular weight excluding hydrogens is 236 g/mol. The summed E-state index contributed by atoms with van der Waals surface area (Å²) in [7, 11) is 0. The Labute approximate surface area is 116 Å². The average molecular weight is 262 g/mol. The summed E-state index contributed by atoms with van der Waals surface area (Å²) in [6.07, 6.45) is 0. The van der Waals surface area contributed by atoms with Crippen LogP contribution in [0.3, 0.4) is 0 Å². The zero-order valence-electron chi connectivity index (χ0n) is 12.8. The summed E-state index contributed by atoms with van der Waals surface area (Å²) in [5.41, 5.74) is 2.18. The molecule has 0 aliphatic heterocycles. The minimum Gasteiger partial charge on any atom is -0.351 e. The molecule has 4 heteroatoms. The molecule has 0 saturated heterocycles. The van der Waals surface area contributed by atoms with Crippen molar-refractivity contribution in [3.8, 4) is 0 Å². The van der Waals surface area contributed by atoms with Crippen LogP contribution in [-0.4, -0.2) is 28.8 Å². The van der Waals surface area contributed by atoms with E-state index in [0.717, 1.165) is 36.7 Å². The minimum atomic E-state index is 0.0930. The van der Waals surface area contributed by atoms with Crippen LogP contribution in [0.1, 0.15) is 40.3 Å². The zero-order chi connectivity index (χ0) is 14.5. The highest BCUT2D eigenvalue weighted by atomic mass is 15.3. The Kier molecular flexibility index (Phi) is 5.48. The Morgan fingerprint density at radius 2 is 2.00 bits per heavy atom. The van der Waals surface area contributed by atoms with Crippen molar-refractivity contribution >= 4 is 5.82 Å². The molecule has 1 rings (SSSR count). The van der Waals surface area contributed by atoms with Crippen molar-refractivity contribution in [1.29, 1.82) is 0 Å². The van der Waals surface area contributed by atoms with E-state index in [4.69, 9.17) is 0 Å². The average Bonchev–Trinajstić information content (AvgIpc) is 2.33. The number of aromatic nitrogens is 2. The lowest BCUT2D eigenvalue weighted by Gasteiger charge is -2.22. The maximum atomic E-state index is 4.30. The van der Waals surface area contributed by atoms with Crippen molar-refractivity contribution < 1.29 is 0 Å². The second kappa shape index (κ2) is 6.66. The van der Waals surface area contributed by atoms with E-state index >= 15 is 0 Å². The number of rotatable bonds is 6. The third-order valence-electron chi connectivity index (χ3n) is 2.67. The number of likely N-dealkylation sites (N-methyl/N-ethyl adjacent to an activating group) is 1. The van der Waals surface area contributed by atoms with E-state index in [1.54, 1.807) is 0 Å². The number of anilines is 1. The van der Waals surface area contributed by atoms with Crippen LogP contribution in [-0.2, 0) is 6.54 Å². The number of hydrogen-bond donors (Lipinski definition) is 1. The van der Waals surface area contributed by atoms with Gasteiger partial charge in [0.2, 0.25) is 0 Å². The van der Waals surface area contributed by atoms with E-state index in [0.29, 0.717) is 0 Å². The Bertz CT molecular complexity index is 403. The summed E-state index contributed by atoms with van der Waals surface area (Å²) in [4.78, 5) is 2.16. The van der Waals surface area contributed by atoms with Gasteiger partial charge in [0.1, 0.15) is 0 Å². The normalized spacial score (nSPS) is 11.4. The summed E-state index contributed by atoms with van der Waals surface area (Å²) >= 11 is 0. The van der Waals surface area contributed by atoms with Gasteiger partial charge >= 0.3 is 0 Å². The maximum Gasteiger partial charge on any atom is 0.151 e. The molecule has 1 N–H and O–H groups in total. The first-order valence-corrected chi connectivity index (χ1v) is 6.79. The fourth-order valence-corrected chi connectivity index (χ4v) is 1.65. The van der Waals surface area contributed by atoms with Crippen LogP contribution in [0.5, 0.6) is 0 Å². The van der Waals surface area contributed by atoms with Gasteiger partial charge in [-0.05, 0) is 46.8 Å². The summed E-state index contributed by atoms with van der Waals surface area (Å²) in [6, 6.07) is 4.06. The topological polar surface area (TPSA) is 41.0 Å². The largest absolute Gasteiger partial charge is 0.351 e. The highest BCUT2D eigenvalue weighted by Gasteiger charge is 2.10. The van der Waals surface area contributed by atoms with Gasteiger partial charge in [-0.15, -0.1) is 5.10 Å². The van der Waals surface area contributed by atoms with Gasteiger partial charge in [0.25, 0.3) is 0 Å². The Morgan fingerprint density at radius 1 is 1.32 bits per heavy atom. The first kappa shape index (κ1) is 15.6. The van der Waals surface area contributed by atoms with Crippen molar-refractivity contribution in [3.63, 3.8) is 0 Å². The van der Waals surface area contributed by atoms with Gasteiger partial charge in [-0.2, -0.15) is 5.10 Å². The van der Waals surface area contributed by atoms with Crippen LogP contribution in [0.4, 0.5) is 5.82 Å². The number of nitrogens with one attached hydrogen (secondary N) is 1. The molecule has 0 bridgehead atoms. The third kappa shape index (κ3) is 5.83. The number of nitrogens with zero attached hydrogens (tertiary/aromatic N) is 3. The van der Waals surface area contributed by atoms with Gasteiger partial charge in [-0.3, -0.25) is 0 Å². The lowest BCUT2D eigenvalue weighted by atomic mass is 10.1. The minimum absolute atomic E-state index is 0.0930. The van der Waals surface area contributed by atoms with Crippen molar-refractivity contribution in [3.05, 3.63) is 30.0 Å². The SMILES string of the molecule is C=C(C)CN(CC)c1ccc(CNC(C)(C)C)nn1. The van der Waals surface area contributed by atoms with Gasteiger partial charge in [-0.1, -0.05) is 12.2 Å². The van der Waals surface area contributed by atoms with Crippen molar-refractivity contribution in [2.24, 2.45) is 0 Å². The molecular formula is C15H26N4. The predicted octanol–water partition coefficient (Wildman–Crippen LogP) is 2.77. The van der Waals surface area contributed by atoms with Crippen LogP contribution in [0.2, 0.25) is 0 Å². The van der Waals surface area contributed by atoms with E-state index in [-0.39, 0.29) is 5.54 Å². The molecule has 106 valence electrons. The quantitative estimate of drug-likeness (QED) is 0.800. The lowest BCUT2D eigenvalue weighted by molar-refractivity contribution is 0.420. The number of hydrogen-bond acceptors (Lipinski definition) is 4. The summed E-state index contributed by atoms with van der Waals surface area (Å²) < 4.78 is 0. The molecule has 0 spiro atoms. The maximum absolute atomic E-state index is 4.30. The highest BCUT2D eigenvalue weighted by Crippen LogP contribution is 2.11. The van der Waals surface area contributed by atoms with Crippen LogP contribution >= 0.6 is 0 Å². The third-order valence-corrected chi connectivity index (χ3v) is 2.67. The zero-order valence-corrected chi connectivity index (χ0v) is 12.8. The smallest absolute Gasteiger partial charge is 0.151 e. The fraction of sp³-hybridized carbons (Fsp3) is 0.600. The van der Waals surface area contributed by atoms with E-state index in [9.17, 15) is 0 Å². The van der Waals surface area contributed by atoms with Crippen LogP contribution in [0.25, 0.3) is 0 Å². The van der Waals surface area contributed by atoms with Crippen molar-refractivity contribution in [2.45, 2.75) is 46.7 Å². The first-order valence-electron chi connectivity index (χ1n) is 6.79. The lowest BCUT2D eigenvalue weighted by Crippen LogP contribution is -2.35. The van der Waals surface area contributed by atoms with E-state index in [2.05, 4.69) is 54.7 Å². The van der Waals surface area contributed by atoms with Gasteiger partial charge in [0.15, 0.2) is 5.82 Å². The molecule has 0 radical (unpaired) electrons. The molecule has 0 fully saturated rings. The van der Waals surface area contributed by atoms with Gasteiger partial charge in [0.05, 0.1) is 5.69 Å². The van der Waals surface area contributed by atoms with Crippen molar-refractivity contribution in [1.82, 2.24) is 15.5 Å². The molecule has 0 aliphatic carbocycles. The molecule has 1 aromatic rings. The molecule has 19 heavy (non-hydrogen) atoms. The Balaban J connectivity index is 2.67. The second-order valence-corrected chi connectivity index (χ2v) is 5.96. The predicted molar refractivity (Wildman–Crippen MR) is 81.3 cm³/mol. The molecule has 0 atom stereocenters. The van der Waals surface area contributed by atoms with Crippen LogP contribution < -0.4 is 10.2 Å². The fourth-order valence-electron chi connectivity index (χ4n) is 1.65. The molecule has 0 amide bonds. The summed E-state index contributed by atoms with van der Waals surface area (Å²) in [6.45, 7) is 17.0. The van der Waals surface area contributed by atoms with Gasteiger partial charge in [-0.25, -0.2) is 0 Å². The van der Waals surface area contributed by atoms with Gasteiger partial charge < -0.3 is 10.2 Å². The Hall–Kier alpha value is -1.42. The van der Waals surface area contributed by atoms with E-state index in [1.165, 1.54) is 0 Å². The molecule has 1 heterocycles. The standard InChI is InChI=1S/C15H26N4/c1-7-19(11-12(2)3)14-9-8-13(17-18-14)10-16-15(4,5)6/h8-9,16H,2,7,10-11H2,1,3-6H3. The van der Waals surface area contributed by atoms with Gasteiger partial charge in [0, 0.05) is 25.2 Å². The van der Waals surface area contributed by atoms with Crippen LogP contribution in [0, 0.1) is 0 Å². The highest BCUT2D eigenvalue weighted by molar-refractivity contribution is 5.38. The monoisotopic (exact) mass is 262 g/mol. The van der Waals surface area contributed by atoms with Crippen molar-refractivity contribution in [2.75, 3.05) is 18.0 Å². The second-order valence-electron chi connectivity index (χ2n) is 5.96. The first-order chi connectivity index (χ1) is 8.81. The van der Waals surface area contributed by atoms with Crippen LogP contribution in [0.15, 0.2) is 24.3 Å². The van der Waals surface area contributed by atoms with E-state index < -0.39 is 0 Å².